The molecule has 0 N–H and O–H groups in total. The Labute approximate surface area is 97.4 Å². The van der Waals surface area contributed by atoms with Crippen LogP contribution in [0.15, 0.2) is 0 Å². The van der Waals surface area contributed by atoms with Crippen molar-refractivity contribution in [2.24, 2.45) is 0 Å². The Balaban J connectivity index is -0.0000000208. The SMILES string of the molecule is O=C(Cl)C(=O)Cl.[Al+3].[Cl-].[Cl-].[Cl-]. The Morgan fingerprint density at radius 1 is 0.800 bits per heavy atom. The van der Waals surface area contributed by atoms with E-state index in [1.807, 2.05) is 0 Å². The van der Waals surface area contributed by atoms with Crippen LogP contribution in [0, 0.1) is 0 Å². The van der Waals surface area contributed by atoms with Crippen LogP contribution in [0.3, 0.4) is 0 Å². The van der Waals surface area contributed by atoms with Gasteiger partial charge in [-0.15, -0.1) is 0 Å². The Hall–Kier alpha value is 1.32. The summed E-state index contributed by atoms with van der Waals surface area (Å²) in [5, 5.41) is -2.28. The molecule has 0 radical (unpaired) electrons. The van der Waals surface area contributed by atoms with Crippen molar-refractivity contribution in [3.63, 3.8) is 0 Å². The topological polar surface area (TPSA) is 34.1 Å². The summed E-state index contributed by atoms with van der Waals surface area (Å²) in [4.78, 5) is 18.9. The van der Waals surface area contributed by atoms with Crippen LogP contribution in [0.5, 0.6) is 0 Å². The van der Waals surface area contributed by atoms with Crippen LogP contribution in [-0.2, 0) is 9.59 Å². The van der Waals surface area contributed by atoms with Crippen molar-refractivity contribution in [2.75, 3.05) is 0 Å². The van der Waals surface area contributed by atoms with Crippen LogP contribution in [0.4, 0.5) is 0 Å². The zero-order valence-electron chi connectivity index (χ0n) is 4.28. The van der Waals surface area contributed by atoms with Gasteiger partial charge in [0.15, 0.2) is 0 Å². The van der Waals surface area contributed by atoms with Crippen molar-refractivity contribution >= 4 is 51.0 Å². The predicted octanol–water partition coefficient (Wildman–Crippen LogP) is -8.85. The molecule has 0 aromatic carbocycles. The molecule has 0 aliphatic carbocycles. The Morgan fingerprint density at radius 3 is 0.900 bits per heavy atom. The molecule has 0 bridgehead atoms. The summed E-state index contributed by atoms with van der Waals surface area (Å²) in [6.45, 7) is 0. The number of rotatable bonds is 1. The van der Waals surface area contributed by atoms with Gasteiger partial charge in [0, 0.05) is 0 Å². The summed E-state index contributed by atoms with van der Waals surface area (Å²) in [5.41, 5.74) is 0. The van der Waals surface area contributed by atoms with Gasteiger partial charge < -0.3 is 37.2 Å². The molecule has 0 spiro atoms. The fourth-order valence-corrected chi connectivity index (χ4v) is 0. The van der Waals surface area contributed by atoms with Gasteiger partial charge in [-0.3, -0.25) is 9.59 Å². The van der Waals surface area contributed by atoms with Gasteiger partial charge in [0.25, 0.3) is 0 Å². The molecule has 0 unspecified atom stereocenters. The molecule has 2 nitrogen and oxygen atoms in total. The summed E-state index contributed by atoms with van der Waals surface area (Å²) in [5.74, 6) is 0. The summed E-state index contributed by atoms with van der Waals surface area (Å²) >= 11 is 8.98. The maximum absolute atomic E-state index is 9.43. The van der Waals surface area contributed by atoms with Crippen molar-refractivity contribution in [2.45, 2.75) is 0 Å². The largest absolute Gasteiger partial charge is 3.00 e. The number of carbonyl (C=O) groups excluding carboxylic acids is 2. The number of hydrogen-bond acceptors (Lipinski definition) is 2. The van der Waals surface area contributed by atoms with Crippen LogP contribution in [0.25, 0.3) is 0 Å². The second-order valence-electron chi connectivity index (χ2n) is 0.547. The summed E-state index contributed by atoms with van der Waals surface area (Å²) in [6, 6.07) is 0. The van der Waals surface area contributed by atoms with E-state index in [4.69, 9.17) is 0 Å². The van der Waals surface area contributed by atoms with E-state index in [1.165, 1.54) is 0 Å². The Kier molecular flexibility index (Phi) is 50.5. The molecule has 0 amide bonds. The van der Waals surface area contributed by atoms with Crippen molar-refractivity contribution in [3.8, 4) is 0 Å². The number of halogens is 5. The number of carbonyl (C=O) groups is 2. The third-order valence-corrected chi connectivity index (χ3v) is 0.595. The smallest absolute Gasteiger partial charge is 1.00 e. The molecule has 0 fully saturated rings. The second-order valence-corrected chi connectivity index (χ2v) is 1.23. The van der Waals surface area contributed by atoms with E-state index in [0.717, 1.165) is 0 Å². The standard InChI is InChI=1S/C2Cl2O2.Al.3ClH/c3-1(5)2(4)6;;;;/h;;3*1H/q;+3;;;/p-3. The third-order valence-electron chi connectivity index (χ3n) is 0.155. The first-order valence-electron chi connectivity index (χ1n) is 1.04. The molecular weight excluding hydrogens is 260 g/mol. The van der Waals surface area contributed by atoms with Crippen molar-refractivity contribution < 1.29 is 46.8 Å². The summed E-state index contributed by atoms with van der Waals surface area (Å²) in [7, 11) is 0. The molecule has 0 aromatic rings. The molecule has 0 aliphatic rings. The van der Waals surface area contributed by atoms with E-state index < -0.39 is 10.5 Å². The molecule has 0 saturated carbocycles. The van der Waals surface area contributed by atoms with Gasteiger partial charge in [0.2, 0.25) is 0 Å². The third kappa shape index (κ3) is 22.8. The normalized spacial score (nSPS) is 4.60. The minimum Gasteiger partial charge on any atom is -1.00 e. The maximum Gasteiger partial charge on any atom is 3.00 e. The van der Waals surface area contributed by atoms with Crippen LogP contribution in [-0.4, -0.2) is 27.8 Å². The van der Waals surface area contributed by atoms with E-state index in [0.29, 0.717) is 0 Å². The predicted molar refractivity (Wildman–Crippen MR) is 27.5 cm³/mol. The van der Waals surface area contributed by atoms with Gasteiger partial charge in [0.1, 0.15) is 0 Å². The molecule has 0 aliphatic heterocycles. The average Bonchev–Trinajstić information content (AvgIpc) is 1.36. The first-order valence-corrected chi connectivity index (χ1v) is 1.79. The molecular formula is C2AlCl5O2. The van der Waals surface area contributed by atoms with Gasteiger partial charge in [-0.2, -0.15) is 0 Å². The van der Waals surface area contributed by atoms with E-state index in [2.05, 4.69) is 23.2 Å². The molecule has 0 heterocycles. The average molecular weight is 260 g/mol. The first kappa shape index (κ1) is 30.2. The molecule has 0 atom stereocenters. The second kappa shape index (κ2) is 16.7. The van der Waals surface area contributed by atoms with Gasteiger partial charge in [-0.1, -0.05) is 0 Å². The first-order chi connectivity index (χ1) is 2.64. The quantitative estimate of drug-likeness (QED) is 0.267. The minimum atomic E-state index is -1.14. The van der Waals surface area contributed by atoms with Gasteiger partial charge in [-0.05, 0) is 23.2 Å². The van der Waals surface area contributed by atoms with Crippen molar-refractivity contribution in [1.29, 1.82) is 0 Å². The molecule has 0 rings (SSSR count). The summed E-state index contributed by atoms with van der Waals surface area (Å²) < 4.78 is 0. The fraction of sp³-hybridized carbons (Fsp3) is 0. The molecule has 0 aromatic heterocycles. The number of hydrogen-bond donors (Lipinski definition) is 0. The maximum atomic E-state index is 9.43. The van der Waals surface area contributed by atoms with Crippen LogP contribution in [0.1, 0.15) is 0 Å². The van der Waals surface area contributed by atoms with E-state index >= 15 is 0 Å². The zero-order chi connectivity index (χ0) is 5.15. The minimum absolute atomic E-state index is 0. The van der Waals surface area contributed by atoms with Crippen LogP contribution in [0.2, 0.25) is 0 Å². The molecule has 8 heteroatoms. The summed E-state index contributed by atoms with van der Waals surface area (Å²) in [6.07, 6.45) is 0. The van der Waals surface area contributed by atoms with Crippen LogP contribution >= 0.6 is 23.2 Å². The van der Waals surface area contributed by atoms with E-state index in [1.54, 1.807) is 0 Å². The van der Waals surface area contributed by atoms with Gasteiger partial charge in [0.05, 0.1) is 0 Å². The monoisotopic (exact) mass is 258 g/mol. The molecule has 0 saturated heterocycles. The van der Waals surface area contributed by atoms with Gasteiger partial charge in [-0.25, -0.2) is 0 Å². The van der Waals surface area contributed by atoms with Gasteiger partial charge >= 0.3 is 27.8 Å². The van der Waals surface area contributed by atoms with E-state index in [-0.39, 0.29) is 54.6 Å². The fourth-order valence-electron chi connectivity index (χ4n) is 0. The van der Waals surface area contributed by atoms with Crippen molar-refractivity contribution in [1.82, 2.24) is 0 Å². The molecule has 10 heavy (non-hydrogen) atoms. The van der Waals surface area contributed by atoms with E-state index in [9.17, 15) is 9.59 Å². The zero-order valence-corrected chi connectivity index (χ0v) is 9.22. The Morgan fingerprint density at radius 2 is 0.900 bits per heavy atom. The molecule has 58 valence electrons. The van der Waals surface area contributed by atoms with Crippen LogP contribution < -0.4 is 37.2 Å². The Bertz CT molecular complexity index is 83.6. The van der Waals surface area contributed by atoms with Crippen molar-refractivity contribution in [3.05, 3.63) is 0 Å².